The Bertz CT molecular complexity index is 697. The Labute approximate surface area is 156 Å². The van der Waals surface area contributed by atoms with Crippen molar-refractivity contribution in [2.75, 3.05) is 19.6 Å². The maximum absolute atomic E-state index is 11.9. The van der Waals surface area contributed by atoms with Crippen LogP contribution in [0.2, 0.25) is 5.02 Å². The summed E-state index contributed by atoms with van der Waals surface area (Å²) in [7, 11) is 0. The molecule has 6 nitrogen and oxygen atoms in total. The maximum atomic E-state index is 11.9. The number of nitrogens with zero attached hydrogens (tertiary/aromatic N) is 2. The van der Waals surface area contributed by atoms with E-state index < -0.39 is 12.0 Å². The minimum absolute atomic E-state index is 0.178. The van der Waals surface area contributed by atoms with Crippen LogP contribution in [0.5, 0.6) is 11.5 Å². The summed E-state index contributed by atoms with van der Waals surface area (Å²) in [5.41, 5.74) is 0.814. The van der Waals surface area contributed by atoms with Crippen LogP contribution in [0, 0.1) is 0 Å². The van der Waals surface area contributed by atoms with E-state index in [0.29, 0.717) is 23.1 Å². The highest BCUT2D eigenvalue weighted by molar-refractivity contribution is 8.02. The molecule has 136 valence electrons. The van der Waals surface area contributed by atoms with Crippen LogP contribution in [0.1, 0.15) is 25.3 Å². The summed E-state index contributed by atoms with van der Waals surface area (Å²) < 4.78 is 10.8. The molecule has 3 rings (SSSR count). The van der Waals surface area contributed by atoms with E-state index >= 15 is 0 Å². The lowest BCUT2D eigenvalue weighted by molar-refractivity contribution is -0.146. The fraction of sp³-hybridized carbons (Fsp3) is 0.471. The van der Waals surface area contributed by atoms with Gasteiger partial charge in [-0.05, 0) is 24.3 Å². The first-order valence-corrected chi connectivity index (χ1v) is 9.75. The van der Waals surface area contributed by atoms with Crippen molar-refractivity contribution >= 4 is 29.3 Å². The first kappa shape index (κ1) is 18.2. The van der Waals surface area contributed by atoms with Crippen LogP contribution in [-0.2, 0) is 11.3 Å². The topological polar surface area (TPSA) is 62.2 Å². The van der Waals surface area contributed by atoms with Gasteiger partial charge in [0.15, 0.2) is 17.5 Å². The Morgan fingerprint density at radius 2 is 2.12 bits per heavy atom. The summed E-state index contributed by atoms with van der Waals surface area (Å²) in [6, 6.07) is 2.86. The lowest BCUT2D eigenvalue weighted by atomic mass is 10.1. The highest BCUT2D eigenvalue weighted by atomic mass is 35.5. The lowest BCUT2D eigenvalue weighted by Crippen LogP contribution is -2.45. The highest BCUT2D eigenvalue weighted by Gasteiger charge is 2.38. The van der Waals surface area contributed by atoms with Crippen molar-refractivity contribution in [1.29, 1.82) is 0 Å². The van der Waals surface area contributed by atoms with E-state index in [1.165, 1.54) is 11.8 Å². The van der Waals surface area contributed by atoms with Crippen LogP contribution in [0.25, 0.3) is 0 Å². The molecule has 0 fully saturated rings. The first-order chi connectivity index (χ1) is 12.0. The normalized spacial score (nSPS) is 19.4. The Kier molecular flexibility index (Phi) is 5.66. The highest BCUT2D eigenvalue weighted by Crippen LogP contribution is 2.39. The zero-order chi connectivity index (χ0) is 18.0. The number of carbonyl (C=O) groups is 1. The maximum Gasteiger partial charge on any atom is 0.328 e. The monoisotopic (exact) mass is 384 g/mol. The van der Waals surface area contributed by atoms with Crippen molar-refractivity contribution < 1.29 is 19.4 Å². The van der Waals surface area contributed by atoms with Gasteiger partial charge in [0.1, 0.15) is 0 Å². The molecule has 2 aliphatic heterocycles. The third kappa shape index (κ3) is 3.68. The van der Waals surface area contributed by atoms with E-state index in [9.17, 15) is 9.90 Å². The standard InChI is InChI=1S/C17H21ClN2O4S/c1-3-4-5-19-9-15(25-2)16(17(21)22)20(19)8-11-6-13-14(7-12(11)18)24-10-23-13/h6-7,9,16H,3-5,8,10H2,1-2H3,(H,21,22). The number of carboxylic acids is 1. The summed E-state index contributed by atoms with van der Waals surface area (Å²) >= 11 is 7.85. The zero-order valence-corrected chi connectivity index (χ0v) is 15.8. The van der Waals surface area contributed by atoms with Crippen molar-refractivity contribution in [3.63, 3.8) is 0 Å². The summed E-state index contributed by atoms with van der Waals surface area (Å²) in [5, 5.41) is 14.1. The van der Waals surface area contributed by atoms with E-state index in [0.717, 1.165) is 29.9 Å². The molecule has 8 heteroatoms. The van der Waals surface area contributed by atoms with Crippen molar-refractivity contribution in [1.82, 2.24) is 10.0 Å². The number of hydrogen-bond acceptors (Lipinski definition) is 6. The van der Waals surface area contributed by atoms with Crippen LogP contribution >= 0.6 is 23.4 Å². The zero-order valence-electron chi connectivity index (χ0n) is 14.2. The fourth-order valence-corrected chi connectivity index (χ4v) is 3.84. The molecule has 0 bridgehead atoms. The molecule has 1 aromatic rings. The van der Waals surface area contributed by atoms with Gasteiger partial charge in [-0.1, -0.05) is 24.9 Å². The van der Waals surface area contributed by atoms with Crippen LogP contribution in [-0.4, -0.2) is 46.7 Å². The first-order valence-electron chi connectivity index (χ1n) is 8.14. The molecule has 2 aliphatic rings. The van der Waals surface area contributed by atoms with Crippen molar-refractivity contribution in [2.45, 2.75) is 32.4 Å². The minimum Gasteiger partial charge on any atom is -0.480 e. The molecule has 1 aromatic carbocycles. The van der Waals surface area contributed by atoms with Crippen molar-refractivity contribution in [3.05, 3.63) is 33.8 Å². The molecule has 1 unspecified atom stereocenters. The van der Waals surface area contributed by atoms with Crippen LogP contribution in [0.4, 0.5) is 0 Å². The number of aliphatic carboxylic acids is 1. The van der Waals surface area contributed by atoms with Gasteiger partial charge in [0, 0.05) is 35.3 Å². The van der Waals surface area contributed by atoms with Gasteiger partial charge in [-0.2, -0.15) is 5.01 Å². The van der Waals surface area contributed by atoms with Gasteiger partial charge >= 0.3 is 5.97 Å². The third-order valence-electron chi connectivity index (χ3n) is 4.26. The van der Waals surface area contributed by atoms with Crippen molar-refractivity contribution in [2.24, 2.45) is 0 Å². The van der Waals surface area contributed by atoms with E-state index in [2.05, 4.69) is 6.92 Å². The lowest BCUT2D eigenvalue weighted by Gasteiger charge is -2.32. The van der Waals surface area contributed by atoms with Crippen LogP contribution in [0.3, 0.4) is 0 Å². The second-order valence-corrected chi connectivity index (χ2v) is 7.17. The quantitative estimate of drug-likeness (QED) is 0.771. The SMILES string of the molecule is CCCCN1C=C(SC)C(C(=O)O)N1Cc1cc2c(cc1Cl)OCO2. The average Bonchev–Trinajstić information content (AvgIpc) is 3.17. The van der Waals surface area contributed by atoms with E-state index in [1.807, 2.05) is 28.5 Å². The van der Waals surface area contributed by atoms with Gasteiger partial charge in [-0.3, -0.25) is 4.79 Å². The molecule has 0 spiro atoms. The molecule has 0 saturated carbocycles. The molecular formula is C17H21ClN2O4S. The molecule has 0 aromatic heterocycles. The number of hydrogen-bond donors (Lipinski definition) is 1. The van der Waals surface area contributed by atoms with Gasteiger partial charge in [-0.15, -0.1) is 11.8 Å². The molecule has 0 aliphatic carbocycles. The Morgan fingerprint density at radius 3 is 2.76 bits per heavy atom. The second-order valence-electron chi connectivity index (χ2n) is 5.89. The molecule has 2 heterocycles. The summed E-state index contributed by atoms with van der Waals surface area (Å²) in [4.78, 5) is 12.7. The minimum atomic E-state index is -0.864. The summed E-state index contributed by atoms with van der Waals surface area (Å²) in [6.07, 6.45) is 5.85. The summed E-state index contributed by atoms with van der Waals surface area (Å²) in [6.45, 7) is 3.45. The molecule has 0 radical (unpaired) electrons. The predicted molar refractivity (Wildman–Crippen MR) is 97.8 cm³/mol. The average molecular weight is 385 g/mol. The van der Waals surface area contributed by atoms with E-state index in [4.69, 9.17) is 21.1 Å². The molecule has 1 N–H and O–H groups in total. The Balaban J connectivity index is 1.88. The molecule has 0 saturated heterocycles. The molecule has 0 amide bonds. The molecular weight excluding hydrogens is 364 g/mol. The summed E-state index contributed by atoms with van der Waals surface area (Å²) in [5.74, 6) is 0.399. The number of thioether (sulfide) groups is 1. The van der Waals surface area contributed by atoms with Crippen LogP contribution < -0.4 is 9.47 Å². The number of rotatable bonds is 7. The largest absolute Gasteiger partial charge is 0.480 e. The number of carboxylic acid groups (broad SMARTS) is 1. The second kappa shape index (κ2) is 7.76. The third-order valence-corrected chi connectivity index (χ3v) is 5.41. The smallest absolute Gasteiger partial charge is 0.328 e. The van der Waals surface area contributed by atoms with Gasteiger partial charge in [0.25, 0.3) is 0 Å². The number of ether oxygens (including phenoxy) is 2. The number of unbranched alkanes of at least 4 members (excludes halogenated alkanes) is 1. The molecule has 1 atom stereocenters. The van der Waals surface area contributed by atoms with E-state index in [1.54, 1.807) is 6.07 Å². The Hall–Kier alpha value is -1.57. The van der Waals surface area contributed by atoms with E-state index in [-0.39, 0.29) is 6.79 Å². The molecule has 25 heavy (non-hydrogen) atoms. The van der Waals surface area contributed by atoms with Gasteiger partial charge in [0.2, 0.25) is 6.79 Å². The number of fused-ring (bicyclic) bond motifs is 1. The number of halogens is 1. The number of benzene rings is 1. The number of hydrazine groups is 1. The van der Waals surface area contributed by atoms with Gasteiger partial charge < -0.3 is 19.6 Å². The predicted octanol–water partition coefficient (Wildman–Crippen LogP) is 3.56. The van der Waals surface area contributed by atoms with Crippen molar-refractivity contribution in [3.8, 4) is 11.5 Å². The van der Waals surface area contributed by atoms with Gasteiger partial charge in [-0.25, -0.2) is 0 Å². The Morgan fingerprint density at radius 1 is 1.40 bits per heavy atom. The van der Waals surface area contributed by atoms with Crippen LogP contribution in [0.15, 0.2) is 23.2 Å². The fourth-order valence-electron chi connectivity index (χ4n) is 2.95. The van der Waals surface area contributed by atoms with Gasteiger partial charge in [0.05, 0.1) is 0 Å².